The van der Waals surface area contributed by atoms with E-state index in [9.17, 15) is 18.3 Å². The molecule has 118 valence electrons. The maximum absolute atomic E-state index is 12.6. The summed E-state index contributed by atoms with van der Waals surface area (Å²) >= 11 is 5.91. The number of aliphatic hydroxyl groups is 1. The first kappa shape index (κ1) is 16.6. The molecule has 2 atom stereocenters. The Bertz CT molecular complexity index is 506. The van der Waals surface area contributed by atoms with Crippen LogP contribution in [0.1, 0.15) is 56.7 Å². The van der Waals surface area contributed by atoms with Gasteiger partial charge in [0.25, 0.3) is 0 Å². The predicted molar refractivity (Wildman–Crippen MR) is 75.0 cm³/mol. The summed E-state index contributed by atoms with van der Waals surface area (Å²) in [5.41, 5.74) is -1.88. The normalized spacial score (nSPS) is 27.4. The van der Waals surface area contributed by atoms with Crippen molar-refractivity contribution in [2.75, 3.05) is 0 Å². The molecule has 1 aromatic rings. The summed E-state index contributed by atoms with van der Waals surface area (Å²) < 4.78 is 37.8. The van der Waals surface area contributed by atoms with Crippen LogP contribution in [0.4, 0.5) is 13.2 Å². The van der Waals surface area contributed by atoms with Crippen molar-refractivity contribution in [2.24, 2.45) is 5.92 Å². The Morgan fingerprint density at radius 2 is 2.05 bits per heavy atom. The lowest BCUT2D eigenvalue weighted by atomic mass is 9.87. The number of nitrogens with zero attached hydrogens (tertiary/aromatic N) is 1. The SMILES string of the molecule is CCC1CCCC(O)(c2ccc(C(F)(F)F)nc2Cl)CC1. The first-order valence-corrected chi connectivity index (χ1v) is 7.60. The van der Waals surface area contributed by atoms with Crippen LogP contribution in [0.3, 0.4) is 0 Å². The first-order chi connectivity index (χ1) is 9.76. The van der Waals surface area contributed by atoms with Gasteiger partial charge < -0.3 is 5.11 Å². The number of rotatable bonds is 2. The van der Waals surface area contributed by atoms with E-state index in [1.807, 2.05) is 0 Å². The monoisotopic (exact) mass is 321 g/mol. The van der Waals surface area contributed by atoms with Crippen LogP contribution >= 0.6 is 11.6 Å². The lowest BCUT2D eigenvalue weighted by molar-refractivity contribution is -0.141. The highest BCUT2D eigenvalue weighted by Crippen LogP contribution is 2.41. The second kappa shape index (κ2) is 6.13. The minimum Gasteiger partial charge on any atom is -0.385 e. The van der Waals surface area contributed by atoms with Gasteiger partial charge >= 0.3 is 6.18 Å². The highest BCUT2D eigenvalue weighted by molar-refractivity contribution is 6.30. The van der Waals surface area contributed by atoms with E-state index in [0.29, 0.717) is 24.3 Å². The van der Waals surface area contributed by atoms with Gasteiger partial charge in [-0.1, -0.05) is 37.4 Å². The van der Waals surface area contributed by atoms with E-state index < -0.39 is 17.5 Å². The van der Waals surface area contributed by atoms with E-state index in [-0.39, 0.29) is 5.15 Å². The average molecular weight is 322 g/mol. The van der Waals surface area contributed by atoms with Gasteiger partial charge in [-0.25, -0.2) is 4.98 Å². The van der Waals surface area contributed by atoms with Gasteiger partial charge in [-0.3, -0.25) is 0 Å². The molecule has 0 aromatic carbocycles. The van der Waals surface area contributed by atoms with Crippen LogP contribution in [0.2, 0.25) is 5.15 Å². The zero-order valence-electron chi connectivity index (χ0n) is 11.9. The summed E-state index contributed by atoms with van der Waals surface area (Å²) in [6, 6.07) is 2.16. The number of hydrogen-bond donors (Lipinski definition) is 1. The summed E-state index contributed by atoms with van der Waals surface area (Å²) in [5, 5.41) is 10.6. The second-order valence-electron chi connectivity index (χ2n) is 5.77. The Hall–Kier alpha value is -0.810. The van der Waals surface area contributed by atoms with Crippen LogP contribution in [-0.4, -0.2) is 10.1 Å². The highest BCUT2D eigenvalue weighted by atomic mass is 35.5. The van der Waals surface area contributed by atoms with E-state index >= 15 is 0 Å². The molecule has 0 amide bonds. The molecule has 0 saturated heterocycles. The van der Waals surface area contributed by atoms with Crippen molar-refractivity contribution in [2.45, 2.75) is 57.2 Å². The molecule has 0 aliphatic heterocycles. The predicted octanol–water partition coefficient (Wildman–Crippen LogP) is 4.93. The molecular formula is C15H19ClF3NO. The largest absolute Gasteiger partial charge is 0.433 e. The van der Waals surface area contributed by atoms with E-state index in [4.69, 9.17) is 11.6 Å². The molecular weight excluding hydrogens is 303 g/mol. The summed E-state index contributed by atoms with van der Waals surface area (Å²) in [6.07, 6.45) is 0.270. The molecule has 6 heteroatoms. The van der Waals surface area contributed by atoms with Gasteiger partial charge in [-0.15, -0.1) is 0 Å². The van der Waals surface area contributed by atoms with Gasteiger partial charge in [0.2, 0.25) is 0 Å². The average Bonchev–Trinajstić information content (AvgIpc) is 2.60. The fraction of sp³-hybridized carbons (Fsp3) is 0.667. The molecule has 1 saturated carbocycles. The topological polar surface area (TPSA) is 33.1 Å². The lowest BCUT2D eigenvalue weighted by Crippen LogP contribution is -2.26. The second-order valence-corrected chi connectivity index (χ2v) is 6.13. The van der Waals surface area contributed by atoms with E-state index in [0.717, 1.165) is 31.7 Å². The maximum atomic E-state index is 12.6. The van der Waals surface area contributed by atoms with Crippen LogP contribution in [-0.2, 0) is 11.8 Å². The van der Waals surface area contributed by atoms with E-state index in [2.05, 4.69) is 11.9 Å². The Kier molecular flexibility index (Phi) is 4.83. The number of hydrogen-bond acceptors (Lipinski definition) is 2. The standard InChI is InChI=1S/C15H19ClF3NO/c1-2-10-4-3-8-14(21,9-7-10)11-5-6-12(15(17,18)19)20-13(11)16/h5-6,10,21H,2-4,7-9H2,1H3. The molecule has 1 aliphatic rings. The molecule has 0 bridgehead atoms. The minimum absolute atomic E-state index is 0.248. The van der Waals surface area contributed by atoms with Crippen LogP contribution in [0.15, 0.2) is 12.1 Å². The van der Waals surface area contributed by atoms with E-state index in [1.165, 1.54) is 6.07 Å². The smallest absolute Gasteiger partial charge is 0.385 e. The number of alkyl halides is 3. The van der Waals surface area contributed by atoms with Gasteiger partial charge in [-0.05, 0) is 37.7 Å². The Balaban J connectivity index is 2.28. The molecule has 1 aromatic heterocycles. The molecule has 2 unspecified atom stereocenters. The quantitative estimate of drug-likeness (QED) is 0.618. The maximum Gasteiger partial charge on any atom is 0.433 e. The van der Waals surface area contributed by atoms with Crippen molar-refractivity contribution in [3.05, 3.63) is 28.5 Å². The van der Waals surface area contributed by atoms with Crippen LogP contribution in [0.25, 0.3) is 0 Å². The summed E-state index contributed by atoms with van der Waals surface area (Å²) in [7, 11) is 0. The molecule has 1 aliphatic carbocycles. The van der Waals surface area contributed by atoms with Crippen molar-refractivity contribution in [1.29, 1.82) is 0 Å². The highest BCUT2D eigenvalue weighted by Gasteiger charge is 2.37. The molecule has 1 fully saturated rings. The third-order valence-corrected chi connectivity index (χ3v) is 4.67. The summed E-state index contributed by atoms with van der Waals surface area (Å²) in [5.74, 6) is 0.556. The van der Waals surface area contributed by atoms with Crippen molar-refractivity contribution in [1.82, 2.24) is 4.98 Å². The van der Waals surface area contributed by atoms with Crippen LogP contribution < -0.4 is 0 Å². The lowest BCUT2D eigenvalue weighted by Gasteiger charge is -2.28. The molecule has 1 N–H and O–H groups in total. The van der Waals surface area contributed by atoms with Crippen molar-refractivity contribution in [3.63, 3.8) is 0 Å². The van der Waals surface area contributed by atoms with Crippen molar-refractivity contribution < 1.29 is 18.3 Å². The van der Waals surface area contributed by atoms with Gasteiger partial charge in [-0.2, -0.15) is 13.2 Å². The van der Waals surface area contributed by atoms with Gasteiger partial charge in [0, 0.05) is 5.56 Å². The summed E-state index contributed by atoms with van der Waals surface area (Å²) in [4.78, 5) is 3.42. The van der Waals surface area contributed by atoms with E-state index in [1.54, 1.807) is 0 Å². The minimum atomic E-state index is -4.53. The Morgan fingerprint density at radius 3 is 2.62 bits per heavy atom. The zero-order valence-corrected chi connectivity index (χ0v) is 12.6. The number of halogens is 4. The van der Waals surface area contributed by atoms with Gasteiger partial charge in [0.1, 0.15) is 10.8 Å². The Labute approximate surface area is 127 Å². The number of pyridine rings is 1. The van der Waals surface area contributed by atoms with Crippen LogP contribution in [0, 0.1) is 5.92 Å². The van der Waals surface area contributed by atoms with Crippen molar-refractivity contribution >= 4 is 11.6 Å². The fourth-order valence-corrected chi connectivity index (χ4v) is 3.34. The zero-order chi connectivity index (χ0) is 15.7. The molecule has 21 heavy (non-hydrogen) atoms. The van der Waals surface area contributed by atoms with Gasteiger partial charge in [0.15, 0.2) is 0 Å². The molecule has 2 nitrogen and oxygen atoms in total. The summed E-state index contributed by atoms with van der Waals surface area (Å²) in [6.45, 7) is 2.11. The molecule has 2 rings (SSSR count). The third-order valence-electron chi connectivity index (χ3n) is 4.39. The van der Waals surface area contributed by atoms with Crippen molar-refractivity contribution in [3.8, 4) is 0 Å². The number of aromatic nitrogens is 1. The van der Waals surface area contributed by atoms with Crippen LogP contribution in [0.5, 0.6) is 0 Å². The molecule has 0 spiro atoms. The molecule has 0 radical (unpaired) electrons. The van der Waals surface area contributed by atoms with Gasteiger partial charge in [0.05, 0.1) is 5.60 Å². The third kappa shape index (κ3) is 3.69. The molecule has 1 heterocycles. The fourth-order valence-electron chi connectivity index (χ4n) is 3.01. The first-order valence-electron chi connectivity index (χ1n) is 7.23. The Morgan fingerprint density at radius 1 is 1.33 bits per heavy atom.